The smallest absolute Gasteiger partial charge is 0.228 e. The van der Waals surface area contributed by atoms with Crippen LogP contribution in [-0.2, 0) is 4.79 Å². The summed E-state index contributed by atoms with van der Waals surface area (Å²) in [5.41, 5.74) is 8.24. The molecule has 1 aromatic carbocycles. The molecule has 2 rings (SSSR count). The lowest BCUT2D eigenvalue weighted by molar-refractivity contribution is -0.122. The zero-order valence-electron chi connectivity index (χ0n) is 13.1. The van der Waals surface area contributed by atoms with Gasteiger partial charge in [-0.1, -0.05) is 38.2 Å². The Labute approximate surface area is 127 Å². The first kappa shape index (κ1) is 15.6. The predicted molar refractivity (Wildman–Crippen MR) is 86.9 cm³/mol. The maximum absolute atomic E-state index is 12.6. The topological polar surface area (TPSA) is 55.1 Å². The van der Waals surface area contributed by atoms with Crippen LogP contribution >= 0.6 is 0 Å². The summed E-state index contributed by atoms with van der Waals surface area (Å²) in [6, 6.07) is 5.91. The van der Waals surface area contributed by atoms with Crippen LogP contribution in [0.4, 0.5) is 5.69 Å². The molecule has 3 nitrogen and oxygen atoms in total. The number of benzene rings is 1. The van der Waals surface area contributed by atoms with Crippen LogP contribution in [0.15, 0.2) is 18.2 Å². The van der Waals surface area contributed by atoms with E-state index < -0.39 is 0 Å². The molecule has 1 amide bonds. The third kappa shape index (κ3) is 3.65. The number of amides is 1. The lowest BCUT2D eigenvalue weighted by atomic mass is 9.81. The van der Waals surface area contributed by atoms with Gasteiger partial charge in [0.2, 0.25) is 5.91 Å². The molecule has 1 saturated carbocycles. The maximum Gasteiger partial charge on any atom is 0.228 e. The van der Waals surface area contributed by atoms with E-state index in [1.807, 2.05) is 25.1 Å². The van der Waals surface area contributed by atoms with E-state index >= 15 is 0 Å². The van der Waals surface area contributed by atoms with Crippen molar-refractivity contribution in [3.8, 4) is 11.8 Å². The predicted octanol–water partition coefficient (Wildman–Crippen LogP) is 3.07. The summed E-state index contributed by atoms with van der Waals surface area (Å²) in [6.45, 7) is 6.68. The van der Waals surface area contributed by atoms with Gasteiger partial charge in [-0.15, -0.1) is 0 Å². The molecule has 1 aliphatic rings. The average Bonchev–Trinajstić information content (AvgIpc) is 2.77. The fourth-order valence-corrected chi connectivity index (χ4v) is 3.05. The lowest BCUT2D eigenvalue weighted by Crippen LogP contribution is -2.31. The number of carbonyl (C=O) groups is 1. The van der Waals surface area contributed by atoms with Crippen LogP contribution in [-0.4, -0.2) is 12.5 Å². The molecule has 1 atom stereocenters. The minimum Gasteiger partial charge on any atom is -0.325 e. The van der Waals surface area contributed by atoms with Gasteiger partial charge in [-0.3, -0.25) is 4.79 Å². The van der Waals surface area contributed by atoms with Gasteiger partial charge in [0.05, 0.1) is 12.2 Å². The van der Waals surface area contributed by atoms with Crippen LogP contribution in [0.3, 0.4) is 0 Å². The molecule has 0 bridgehead atoms. The molecule has 0 heterocycles. The van der Waals surface area contributed by atoms with E-state index in [4.69, 9.17) is 5.73 Å². The molecule has 1 unspecified atom stereocenters. The zero-order chi connectivity index (χ0) is 15.5. The molecule has 3 N–H and O–H groups in total. The second-order valence-corrected chi connectivity index (χ2v) is 6.48. The zero-order valence-corrected chi connectivity index (χ0v) is 13.1. The monoisotopic (exact) mass is 284 g/mol. The van der Waals surface area contributed by atoms with Crippen molar-refractivity contribution >= 4 is 11.6 Å². The van der Waals surface area contributed by atoms with E-state index in [0.717, 1.165) is 36.1 Å². The number of anilines is 1. The quantitative estimate of drug-likeness (QED) is 0.820. The maximum atomic E-state index is 12.6. The second-order valence-electron chi connectivity index (χ2n) is 6.48. The summed E-state index contributed by atoms with van der Waals surface area (Å²) >= 11 is 0. The van der Waals surface area contributed by atoms with Crippen molar-refractivity contribution < 1.29 is 4.79 Å². The Morgan fingerprint density at radius 1 is 1.48 bits per heavy atom. The minimum atomic E-state index is 0.0772. The van der Waals surface area contributed by atoms with Gasteiger partial charge in [0.25, 0.3) is 0 Å². The van der Waals surface area contributed by atoms with Gasteiger partial charge in [-0.2, -0.15) is 0 Å². The van der Waals surface area contributed by atoms with E-state index in [0.29, 0.717) is 6.54 Å². The molecular formula is C18H24N2O. The fraction of sp³-hybridized carbons (Fsp3) is 0.500. The highest BCUT2D eigenvalue weighted by molar-refractivity contribution is 5.94. The molecule has 0 spiro atoms. The van der Waals surface area contributed by atoms with Gasteiger partial charge in [-0.05, 0) is 42.9 Å². The number of hydrogen-bond acceptors (Lipinski definition) is 2. The first-order valence-corrected chi connectivity index (χ1v) is 7.54. The van der Waals surface area contributed by atoms with Crippen LogP contribution in [0.1, 0.15) is 44.2 Å². The molecule has 112 valence electrons. The minimum absolute atomic E-state index is 0.0772. The molecule has 0 radical (unpaired) electrons. The van der Waals surface area contributed by atoms with Crippen molar-refractivity contribution in [1.29, 1.82) is 0 Å². The number of aryl methyl sites for hydroxylation is 1. The molecule has 0 aromatic heterocycles. The number of hydrogen-bond donors (Lipinski definition) is 2. The van der Waals surface area contributed by atoms with Crippen LogP contribution in [0, 0.1) is 30.1 Å². The second kappa shape index (κ2) is 6.32. The Morgan fingerprint density at radius 3 is 2.86 bits per heavy atom. The van der Waals surface area contributed by atoms with Gasteiger partial charge in [0, 0.05) is 11.5 Å². The van der Waals surface area contributed by atoms with E-state index in [-0.39, 0.29) is 17.2 Å². The molecule has 3 heteroatoms. The van der Waals surface area contributed by atoms with E-state index in [9.17, 15) is 4.79 Å². The summed E-state index contributed by atoms with van der Waals surface area (Å²) in [5, 5.41) is 3.08. The average molecular weight is 284 g/mol. The highest BCUT2D eigenvalue weighted by Gasteiger charge is 2.39. The third-order valence-corrected chi connectivity index (χ3v) is 4.33. The molecule has 1 aliphatic carbocycles. The molecule has 21 heavy (non-hydrogen) atoms. The first-order valence-electron chi connectivity index (χ1n) is 7.54. The van der Waals surface area contributed by atoms with Crippen molar-refractivity contribution in [1.82, 2.24) is 0 Å². The fourth-order valence-electron chi connectivity index (χ4n) is 3.05. The van der Waals surface area contributed by atoms with Crippen molar-refractivity contribution in [2.24, 2.45) is 17.1 Å². The Hall–Kier alpha value is -1.79. The highest BCUT2D eigenvalue weighted by Crippen LogP contribution is 2.43. The SMILES string of the molecule is Cc1ccc(C#CCN)c(NC(=O)C2CCCC2(C)C)c1. The van der Waals surface area contributed by atoms with Crippen molar-refractivity contribution in [2.75, 3.05) is 11.9 Å². The number of carbonyl (C=O) groups excluding carboxylic acids is 1. The number of nitrogens with two attached hydrogens (primary N) is 1. The van der Waals surface area contributed by atoms with Crippen LogP contribution in [0.25, 0.3) is 0 Å². The highest BCUT2D eigenvalue weighted by atomic mass is 16.1. The lowest BCUT2D eigenvalue weighted by Gasteiger charge is -2.26. The van der Waals surface area contributed by atoms with Gasteiger partial charge < -0.3 is 11.1 Å². The molecule has 1 aromatic rings. The van der Waals surface area contributed by atoms with Crippen molar-refractivity contribution in [3.05, 3.63) is 29.3 Å². The number of rotatable bonds is 2. The van der Waals surface area contributed by atoms with Crippen molar-refractivity contribution in [2.45, 2.75) is 40.0 Å². The van der Waals surface area contributed by atoms with Gasteiger partial charge >= 0.3 is 0 Å². The number of nitrogens with one attached hydrogen (secondary N) is 1. The summed E-state index contributed by atoms with van der Waals surface area (Å²) in [7, 11) is 0. The first-order chi connectivity index (χ1) is 9.94. The Kier molecular flexibility index (Phi) is 4.69. The standard InChI is InChI=1S/C18H24N2O/c1-13-8-9-14(6-5-11-19)16(12-13)20-17(21)15-7-4-10-18(15,2)3/h8-9,12,15H,4,7,10-11,19H2,1-3H3,(H,20,21). The Balaban J connectivity index is 2.22. The van der Waals surface area contributed by atoms with E-state index in [1.165, 1.54) is 0 Å². The van der Waals surface area contributed by atoms with E-state index in [1.54, 1.807) is 0 Å². The van der Waals surface area contributed by atoms with Crippen LogP contribution < -0.4 is 11.1 Å². The summed E-state index contributed by atoms with van der Waals surface area (Å²) < 4.78 is 0. The van der Waals surface area contributed by atoms with E-state index in [2.05, 4.69) is 31.0 Å². The van der Waals surface area contributed by atoms with Crippen LogP contribution in [0.2, 0.25) is 0 Å². The van der Waals surface area contributed by atoms with Gasteiger partial charge in [0.1, 0.15) is 0 Å². The molecule has 1 fully saturated rings. The van der Waals surface area contributed by atoms with Crippen molar-refractivity contribution in [3.63, 3.8) is 0 Å². The largest absolute Gasteiger partial charge is 0.325 e. The molecule has 0 aliphatic heterocycles. The summed E-state index contributed by atoms with van der Waals surface area (Å²) in [6.07, 6.45) is 3.20. The van der Waals surface area contributed by atoms with Gasteiger partial charge in [-0.25, -0.2) is 0 Å². The van der Waals surface area contributed by atoms with Gasteiger partial charge in [0.15, 0.2) is 0 Å². The third-order valence-electron chi connectivity index (χ3n) is 4.33. The normalized spacial score (nSPS) is 19.7. The Morgan fingerprint density at radius 2 is 2.24 bits per heavy atom. The molecule has 0 saturated heterocycles. The summed E-state index contributed by atoms with van der Waals surface area (Å²) in [5.74, 6) is 6.06. The van der Waals surface area contributed by atoms with Crippen LogP contribution in [0.5, 0.6) is 0 Å². The summed E-state index contributed by atoms with van der Waals surface area (Å²) in [4.78, 5) is 12.6. The molecular weight excluding hydrogens is 260 g/mol. The Bertz CT molecular complexity index is 593.